The molecular formula is C10H14N2O3S. The van der Waals surface area contributed by atoms with Gasteiger partial charge in [0.15, 0.2) is 0 Å². The molecule has 6 heteroatoms. The van der Waals surface area contributed by atoms with Crippen LogP contribution < -0.4 is 5.56 Å². The van der Waals surface area contributed by atoms with Crippen molar-refractivity contribution in [2.24, 2.45) is 0 Å². The van der Waals surface area contributed by atoms with E-state index in [1.54, 1.807) is 6.92 Å². The molecule has 0 aliphatic rings. The molecule has 1 atom stereocenters. The molecule has 0 bridgehead atoms. The van der Waals surface area contributed by atoms with E-state index in [9.17, 15) is 9.59 Å². The van der Waals surface area contributed by atoms with Gasteiger partial charge in [-0.25, -0.2) is 4.98 Å². The zero-order chi connectivity index (χ0) is 12.3. The fourth-order valence-electron chi connectivity index (χ4n) is 1.02. The van der Waals surface area contributed by atoms with Gasteiger partial charge in [0.2, 0.25) is 0 Å². The number of carboxylic acid groups (broad SMARTS) is 1. The van der Waals surface area contributed by atoms with Crippen LogP contribution in [0.1, 0.15) is 32.5 Å². The minimum Gasteiger partial charge on any atom is -0.480 e. The minimum absolute atomic E-state index is 0.105. The van der Waals surface area contributed by atoms with Gasteiger partial charge in [0.1, 0.15) is 16.1 Å². The lowest BCUT2D eigenvalue weighted by Gasteiger charge is -2.08. The van der Waals surface area contributed by atoms with Crippen molar-refractivity contribution in [3.05, 3.63) is 22.2 Å². The molecule has 0 aliphatic heterocycles. The third kappa shape index (κ3) is 3.37. The first kappa shape index (κ1) is 12.8. The molecule has 1 rings (SSSR count). The third-order valence-electron chi connectivity index (χ3n) is 1.93. The monoisotopic (exact) mass is 242 g/mol. The van der Waals surface area contributed by atoms with E-state index in [0.717, 1.165) is 11.8 Å². The highest BCUT2D eigenvalue weighted by Gasteiger charge is 2.14. The highest BCUT2D eigenvalue weighted by atomic mass is 32.2. The summed E-state index contributed by atoms with van der Waals surface area (Å²) in [5.74, 6) is -0.237. The summed E-state index contributed by atoms with van der Waals surface area (Å²) in [4.78, 5) is 28.8. The topological polar surface area (TPSA) is 83.0 Å². The fraction of sp³-hybridized carbons (Fsp3) is 0.500. The second kappa shape index (κ2) is 5.16. The molecule has 0 aliphatic carbocycles. The maximum atomic E-state index is 11.3. The van der Waals surface area contributed by atoms with Crippen molar-refractivity contribution < 1.29 is 9.90 Å². The maximum absolute atomic E-state index is 11.3. The molecule has 1 heterocycles. The van der Waals surface area contributed by atoms with Gasteiger partial charge in [-0.15, -0.1) is 0 Å². The lowest BCUT2D eigenvalue weighted by molar-refractivity contribution is -0.136. The molecule has 0 amide bonds. The van der Waals surface area contributed by atoms with E-state index in [4.69, 9.17) is 5.11 Å². The molecule has 0 spiro atoms. The summed E-state index contributed by atoms with van der Waals surface area (Å²) in [6.07, 6.45) is 0. The van der Waals surface area contributed by atoms with Crippen LogP contribution in [0, 0.1) is 0 Å². The zero-order valence-corrected chi connectivity index (χ0v) is 10.2. The molecule has 1 aromatic rings. The van der Waals surface area contributed by atoms with Crippen LogP contribution in [-0.2, 0) is 4.79 Å². The van der Waals surface area contributed by atoms with Gasteiger partial charge in [-0.1, -0.05) is 25.6 Å². The van der Waals surface area contributed by atoms with Crippen LogP contribution >= 0.6 is 11.8 Å². The van der Waals surface area contributed by atoms with E-state index in [1.807, 2.05) is 13.8 Å². The van der Waals surface area contributed by atoms with E-state index in [-0.39, 0.29) is 11.5 Å². The standard InChI is InChI=1S/C10H14N2O3S/c1-5(2)9-11-7(13)4-8(12-9)16-6(3)10(14)15/h4-6H,1-3H3,(H,14,15)(H,11,12,13). The van der Waals surface area contributed by atoms with Crippen LogP contribution in [0.5, 0.6) is 0 Å². The summed E-state index contributed by atoms with van der Waals surface area (Å²) in [6.45, 7) is 5.38. The van der Waals surface area contributed by atoms with Gasteiger partial charge in [0, 0.05) is 12.0 Å². The number of aromatic amines is 1. The summed E-state index contributed by atoms with van der Waals surface area (Å²) in [5.41, 5.74) is -0.251. The van der Waals surface area contributed by atoms with Gasteiger partial charge in [-0.05, 0) is 6.92 Å². The van der Waals surface area contributed by atoms with Crippen molar-refractivity contribution in [3.63, 3.8) is 0 Å². The van der Waals surface area contributed by atoms with Gasteiger partial charge in [-0.2, -0.15) is 0 Å². The van der Waals surface area contributed by atoms with E-state index in [1.165, 1.54) is 6.07 Å². The predicted octanol–water partition coefficient (Wildman–Crippen LogP) is 1.46. The molecule has 0 aromatic carbocycles. The average molecular weight is 242 g/mol. The Bertz CT molecular complexity index is 442. The first-order chi connectivity index (χ1) is 7.40. The lowest BCUT2D eigenvalue weighted by atomic mass is 10.2. The van der Waals surface area contributed by atoms with E-state index in [2.05, 4.69) is 9.97 Å². The Balaban J connectivity index is 2.97. The van der Waals surface area contributed by atoms with Gasteiger partial charge in [-0.3, -0.25) is 9.59 Å². The summed E-state index contributed by atoms with van der Waals surface area (Å²) in [6, 6.07) is 1.32. The molecule has 0 saturated carbocycles. The molecule has 1 aromatic heterocycles. The smallest absolute Gasteiger partial charge is 0.316 e. The Morgan fingerprint density at radius 1 is 1.50 bits per heavy atom. The van der Waals surface area contributed by atoms with Gasteiger partial charge in [0.05, 0.1) is 0 Å². The van der Waals surface area contributed by atoms with Gasteiger partial charge >= 0.3 is 5.97 Å². The Hall–Kier alpha value is -1.30. The van der Waals surface area contributed by atoms with Crippen molar-refractivity contribution >= 4 is 17.7 Å². The number of hydrogen-bond acceptors (Lipinski definition) is 4. The van der Waals surface area contributed by atoms with E-state index in [0.29, 0.717) is 10.9 Å². The SMILES string of the molecule is CC(Sc1cc(=O)[nH]c(C(C)C)n1)C(=O)O. The zero-order valence-electron chi connectivity index (χ0n) is 9.35. The molecule has 0 fully saturated rings. The van der Waals surface area contributed by atoms with Crippen LogP contribution in [0.2, 0.25) is 0 Å². The van der Waals surface area contributed by atoms with Crippen molar-refractivity contribution in [1.29, 1.82) is 0 Å². The van der Waals surface area contributed by atoms with Crippen molar-refractivity contribution in [3.8, 4) is 0 Å². The number of rotatable bonds is 4. The summed E-state index contributed by atoms with van der Waals surface area (Å²) in [5, 5.41) is 8.59. The number of hydrogen-bond donors (Lipinski definition) is 2. The van der Waals surface area contributed by atoms with E-state index >= 15 is 0 Å². The first-order valence-corrected chi connectivity index (χ1v) is 5.79. The number of carboxylic acids is 1. The summed E-state index contributed by atoms with van der Waals surface area (Å²) >= 11 is 1.07. The van der Waals surface area contributed by atoms with Gasteiger partial charge in [0.25, 0.3) is 5.56 Å². The molecular weight excluding hydrogens is 228 g/mol. The Morgan fingerprint density at radius 2 is 2.12 bits per heavy atom. The quantitative estimate of drug-likeness (QED) is 0.617. The molecule has 0 radical (unpaired) electrons. The maximum Gasteiger partial charge on any atom is 0.316 e. The fourth-order valence-corrected chi connectivity index (χ4v) is 1.81. The number of nitrogens with one attached hydrogen (secondary N) is 1. The van der Waals surface area contributed by atoms with Crippen LogP contribution in [0.25, 0.3) is 0 Å². The average Bonchev–Trinajstić information content (AvgIpc) is 2.16. The van der Waals surface area contributed by atoms with Crippen LogP contribution in [-0.4, -0.2) is 26.3 Å². The van der Waals surface area contributed by atoms with Crippen LogP contribution in [0.4, 0.5) is 0 Å². The molecule has 0 saturated heterocycles. The number of H-pyrrole nitrogens is 1. The highest BCUT2D eigenvalue weighted by Crippen LogP contribution is 2.21. The molecule has 1 unspecified atom stereocenters. The summed E-state index contributed by atoms with van der Waals surface area (Å²) < 4.78 is 0. The minimum atomic E-state index is -0.918. The Labute approximate surface area is 97.3 Å². The summed E-state index contributed by atoms with van der Waals surface area (Å²) in [7, 11) is 0. The molecule has 5 nitrogen and oxygen atoms in total. The molecule has 16 heavy (non-hydrogen) atoms. The second-order valence-electron chi connectivity index (χ2n) is 3.72. The number of aromatic nitrogens is 2. The largest absolute Gasteiger partial charge is 0.480 e. The Morgan fingerprint density at radius 3 is 2.62 bits per heavy atom. The number of aliphatic carboxylic acids is 1. The van der Waals surface area contributed by atoms with Crippen LogP contribution in [0.15, 0.2) is 15.9 Å². The second-order valence-corrected chi connectivity index (χ2v) is 5.08. The first-order valence-electron chi connectivity index (χ1n) is 4.91. The number of thioether (sulfide) groups is 1. The van der Waals surface area contributed by atoms with Crippen molar-refractivity contribution in [2.45, 2.75) is 37.0 Å². The molecule has 88 valence electrons. The molecule has 2 N–H and O–H groups in total. The Kier molecular flexibility index (Phi) is 4.12. The van der Waals surface area contributed by atoms with Crippen LogP contribution in [0.3, 0.4) is 0 Å². The number of carbonyl (C=O) groups is 1. The third-order valence-corrected chi connectivity index (χ3v) is 2.93. The number of nitrogens with zero attached hydrogens (tertiary/aromatic N) is 1. The highest BCUT2D eigenvalue weighted by molar-refractivity contribution is 8.00. The normalized spacial score (nSPS) is 12.8. The van der Waals surface area contributed by atoms with Crippen molar-refractivity contribution in [1.82, 2.24) is 9.97 Å². The lowest BCUT2D eigenvalue weighted by Crippen LogP contribution is -2.15. The predicted molar refractivity (Wildman–Crippen MR) is 61.9 cm³/mol. The van der Waals surface area contributed by atoms with Gasteiger partial charge < -0.3 is 10.1 Å². The van der Waals surface area contributed by atoms with Crippen molar-refractivity contribution in [2.75, 3.05) is 0 Å². The van der Waals surface area contributed by atoms with E-state index < -0.39 is 11.2 Å².